The van der Waals surface area contributed by atoms with Gasteiger partial charge in [0.25, 0.3) is 24.4 Å². The average molecular weight is 930 g/mol. The SMILES string of the molecule is C#CC(C)(C)C.CC(C)(C)C#Cc1cc(N(CC(F)F)c2nc3nncn3c3cccc(F)c23)ccn1.Fc1cccc2c1c(N(CC(F)F)c1ccnc(Br)c1)nc1nncn12. The number of nitrogens with zero attached hydrogens (tertiary/aromatic N) is 12. The van der Waals surface area contributed by atoms with Gasteiger partial charge < -0.3 is 9.80 Å². The number of pyridine rings is 2. The van der Waals surface area contributed by atoms with Crippen LogP contribution in [0.4, 0.5) is 49.4 Å². The van der Waals surface area contributed by atoms with Crippen LogP contribution in [0.25, 0.3) is 33.4 Å². The number of alkyl halides is 4. The average Bonchev–Trinajstić information content (AvgIpc) is 3.91. The summed E-state index contributed by atoms with van der Waals surface area (Å²) in [7, 11) is 0. The Morgan fingerprint density at radius 1 is 0.683 bits per heavy atom. The van der Waals surface area contributed by atoms with Crippen molar-refractivity contribution in [2.45, 2.75) is 54.4 Å². The Morgan fingerprint density at radius 2 is 1.14 bits per heavy atom. The number of fused-ring (bicyclic) bond motifs is 6. The number of hydrogen-bond donors (Lipinski definition) is 0. The van der Waals surface area contributed by atoms with Gasteiger partial charge in [-0.3, -0.25) is 8.80 Å². The molecule has 0 bridgehead atoms. The fourth-order valence-electron chi connectivity index (χ4n) is 5.88. The maximum Gasteiger partial charge on any atom is 0.257 e. The van der Waals surface area contributed by atoms with Crippen LogP contribution in [0.5, 0.6) is 0 Å². The predicted molar refractivity (Wildman–Crippen MR) is 233 cm³/mol. The summed E-state index contributed by atoms with van der Waals surface area (Å²) in [5.41, 5.74) is 1.86. The van der Waals surface area contributed by atoms with Crippen molar-refractivity contribution in [3.05, 3.63) is 108 Å². The molecule has 0 radical (unpaired) electrons. The number of anilines is 4. The fraction of sp³-hybridized carbons (Fsp3) is 0.273. The summed E-state index contributed by atoms with van der Waals surface area (Å²) >= 11 is 3.22. The zero-order valence-electron chi connectivity index (χ0n) is 34.7. The monoisotopic (exact) mass is 928 g/mol. The van der Waals surface area contributed by atoms with E-state index in [1.165, 1.54) is 67.9 Å². The van der Waals surface area contributed by atoms with Crippen LogP contribution < -0.4 is 9.80 Å². The fourth-order valence-corrected chi connectivity index (χ4v) is 6.24. The van der Waals surface area contributed by atoms with Crippen LogP contribution in [-0.4, -0.2) is 75.1 Å². The third-order valence-corrected chi connectivity index (χ3v) is 9.08. The predicted octanol–water partition coefficient (Wildman–Crippen LogP) is 10.3. The highest BCUT2D eigenvalue weighted by molar-refractivity contribution is 9.10. The number of benzene rings is 2. The molecule has 8 aromatic rings. The number of terminal acetylenes is 1. The highest BCUT2D eigenvalue weighted by Gasteiger charge is 2.25. The van der Waals surface area contributed by atoms with Crippen LogP contribution in [0.3, 0.4) is 0 Å². The molecule has 63 heavy (non-hydrogen) atoms. The molecule has 0 aliphatic carbocycles. The number of hydrogen-bond acceptors (Lipinski definition) is 10. The summed E-state index contributed by atoms with van der Waals surface area (Å²) in [6.45, 7) is 10.5. The normalized spacial score (nSPS) is 11.5. The van der Waals surface area contributed by atoms with Gasteiger partial charge in [-0.05, 0) is 112 Å². The zero-order valence-corrected chi connectivity index (χ0v) is 36.3. The van der Waals surface area contributed by atoms with E-state index in [0.717, 1.165) is 0 Å². The molecule has 0 atom stereocenters. The quantitative estimate of drug-likeness (QED) is 0.0828. The van der Waals surface area contributed by atoms with Crippen molar-refractivity contribution in [3.8, 4) is 24.2 Å². The van der Waals surface area contributed by atoms with Crippen molar-refractivity contribution in [3.63, 3.8) is 0 Å². The molecule has 19 heteroatoms. The third kappa shape index (κ3) is 11.2. The van der Waals surface area contributed by atoms with Crippen molar-refractivity contribution in [2.24, 2.45) is 10.8 Å². The first kappa shape index (κ1) is 45.7. The highest BCUT2D eigenvalue weighted by atomic mass is 79.9. The second-order valence-corrected chi connectivity index (χ2v) is 16.6. The summed E-state index contributed by atoms with van der Waals surface area (Å²) in [6.07, 6.45) is 5.43. The molecule has 12 nitrogen and oxygen atoms in total. The van der Waals surface area contributed by atoms with E-state index in [4.69, 9.17) is 6.42 Å². The first-order valence-electron chi connectivity index (χ1n) is 19.1. The summed E-state index contributed by atoms with van der Waals surface area (Å²) in [5.74, 6) is 7.89. The molecule has 0 spiro atoms. The Bertz CT molecular complexity index is 3000. The molecule has 0 fully saturated rings. The summed E-state index contributed by atoms with van der Waals surface area (Å²) in [5, 5.41) is 15.6. The van der Waals surface area contributed by atoms with Gasteiger partial charge in [0.15, 0.2) is 0 Å². The topological polar surface area (TPSA) is 118 Å². The molecule has 0 saturated heterocycles. The Morgan fingerprint density at radius 3 is 1.57 bits per heavy atom. The van der Waals surface area contributed by atoms with Gasteiger partial charge in [-0.1, -0.05) is 18.1 Å². The Balaban J connectivity index is 0.000000188. The van der Waals surface area contributed by atoms with E-state index >= 15 is 0 Å². The van der Waals surface area contributed by atoms with Gasteiger partial charge in [0.05, 0.1) is 34.9 Å². The van der Waals surface area contributed by atoms with Crippen molar-refractivity contribution in [1.29, 1.82) is 0 Å². The number of rotatable bonds is 8. The number of halogens is 7. The van der Waals surface area contributed by atoms with Crippen LogP contribution in [0, 0.1) is 46.6 Å². The maximum atomic E-state index is 14.9. The van der Waals surface area contributed by atoms with Crippen molar-refractivity contribution in [1.82, 2.24) is 49.1 Å². The maximum absolute atomic E-state index is 14.9. The van der Waals surface area contributed by atoms with Crippen LogP contribution in [0.15, 0.2) is 90.3 Å². The lowest BCUT2D eigenvalue weighted by atomic mass is 9.98. The van der Waals surface area contributed by atoms with E-state index in [1.54, 1.807) is 36.4 Å². The Labute approximate surface area is 366 Å². The van der Waals surface area contributed by atoms with Crippen molar-refractivity contribution in [2.75, 3.05) is 22.9 Å². The van der Waals surface area contributed by atoms with Gasteiger partial charge in [-0.15, -0.1) is 32.7 Å². The first-order chi connectivity index (χ1) is 29.8. The van der Waals surface area contributed by atoms with Crippen LogP contribution in [0.1, 0.15) is 47.2 Å². The van der Waals surface area contributed by atoms with Gasteiger partial charge in [0.1, 0.15) is 46.2 Å². The molecule has 0 aliphatic rings. The lowest BCUT2D eigenvalue weighted by molar-refractivity contribution is 0.157. The summed E-state index contributed by atoms with van der Waals surface area (Å²) in [6, 6.07) is 15.2. The van der Waals surface area contributed by atoms with E-state index in [0.29, 0.717) is 32.7 Å². The molecule has 324 valence electrons. The Hall–Kier alpha value is -6.86. The van der Waals surface area contributed by atoms with E-state index in [9.17, 15) is 26.3 Å². The molecule has 0 unspecified atom stereocenters. The van der Waals surface area contributed by atoms with Gasteiger partial charge in [0.2, 0.25) is 0 Å². The van der Waals surface area contributed by atoms with Crippen LogP contribution in [0.2, 0.25) is 0 Å². The Kier molecular flexibility index (Phi) is 13.8. The molecule has 0 aliphatic heterocycles. The van der Waals surface area contributed by atoms with Gasteiger partial charge >= 0.3 is 0 Å². The molecular weight excluding hydrogens is 890 g/mol. The van der Waals surface area contributed by atoms with Crippen LogP contribution in [-0.2, 0) is 0 Å². The zero-order chi connectivity index (χ0) is 45.6. The van der Waals surface area contributed by atoms with Crippen LogP contribution >= 0.6 is 15.9 Å². The van der Waals surface area contributed by atoms with Gasteiger partial charge in [-0.25, -0.2) is 36.3 Å². The standard InChI is InChI=1S/C22H19F3N6.C16H10BrF3N6.C6H10/c1-22(2,3)9-7-14-11-15(8-10-26-14)30(12-18(24)25)20-19-16(23)5-4-6-17(19)31-13-27-29-21(31)28-20;17-12-6-9(4-5-21-12)25(7-13(19)20)15-14-10(18)2-1-3-11(14)26-8-22-24-16(26)23-15;1-5-6(2,3)4/h4-6,8,10-11,13,18H,12H2,1-3H3;1-6,8,13H,7H2;1H,2-4H3. The van der Waals surface area contributed by atoms with Crippen molar-refractivity contribution < 1.29 is 26.3 Å². The third-order valence-electron chi connectivity index (χ3n) is 8.65. The number of aromatic nitrogens is 10. The minimum Gasteiger partial charge on any atom is -0.320 e. The van der Waals surface area contributed by atoms with E-state index < -0.39 is 37.6 Å². The molecule has 2 aromatic carbocycles. The van der Waals surface area contributed by atoms with Gasteiger partial charge in [0, 0.05) is 34.6 Å². The summed E-state index contributed by atoms with van der Waals surface area (Å²) < 4.78 is 86.7. The lowest BCUT2D eigenvalue weighted by Crippen LogP contribution is -2.25. The first-order valence-corrected chi connectivity index (χ1v) is 19.9. The minimum absolute atomic E-state index is 0.0230. The molecule has 6 heterocycles. The molecule has 6 aromatic heterocycles. The minimum atomic E-state index is -2.70. The molecular formula is C44H39BrF6N12. The molecule has 0 N–H and O–H groups in total. The lowest BCUT2D eigenvalue weighted by Gasteiger charge is -2.25. The largest absolute Gasteiger partial charge is 0.320 e. The van der Waals surface area contributed by atoms with E-state index in [2.05, 4.69) is 74.0 Å². The van der Waals surface area contributed by atoms with E-state index in [-0.39, 0.29) is 44.8 Å². The second kappa shape index (κ2) is 19.0. The highest BCUT2D eigenvalue weighted by Crippen LogP contribution is 2.35. The molecule has 0 amide bonds. The van der Waals surface area contributed by atoms with Crippen molar-refractivity contribution >= 4 is 72.3 Å². The molecule has 8 rings (SSSR count). The van der Waals surface area contributed by atoms with E-state index in [1.807, 2.05) is 41.5 Å². The molecule has 0 saturated carbocycles. The second-order valence-electron chi connectivity index (χ2n) is 15.8. The summed E-state index contributed by atoms with van der Waals surface area (Å²) in [4.78, 5) is 19.4. The smallest absolute Gasteiger partial charge is 0.257 e. The van der Waals surface area contributed by atoms with Gasteiger partial charge in [-0.2, -0.15) is 9.97 Å².